The molecule has 0 bridgehead atoms. The van der Waals surface area contributed by atoms with Gasteiger partial charge in [-0.1, -0.05) is 47.5 Å². The summed E-state index contributed by atoms with van der Waals surface area (Å²) >= 11 is 0. The van der Waals surface area contributed by atoms with Gasteiger partial charge in [0.2, 0.25) is 0 Å². The number of pyridine rings is 4. The first kappa shape index (κ1) is 45.2. The molecule has 6 rings (SSSR count). The summed E-state index contributed by atoms with van der Waals surface area (Å²) in [7, 11) is -7.41. The fourth-order valence-electron chi connectivity index (χ4n) is 3.87. The van der Waals surface area contributed by atoms with E-state index in [1.54, 1.807) is 63.3 Å². The molecule has 4 aromatic heterocycles. The van der Waals surface area contributed by atoms with Gasteiger partial charge >= 0.3 is 53.1 Å². The number of hydrogen-bond acceptors (Lipinski definition) is 6. The third-order valence-electron chi connectivity index (χ3n) is 6.25. The molecule has 6 nitrogen and oxygen atoms in total. The Morgan fingerprint density at radius 1 is 0.519 bits per heavy atom. The van der Waals surface area contributed by atoms with Crippen LogP contribution in [0, 0.1) is 49.2 Å². The zero-order chi connectivity index (χ0) is 39.5. The monoisotopic (exact) mass is 962 g/mol. The number of aromatic nitrogens is 4. The number of benzene rings is 2. The van der Waals surface area contributed by atoms with Crippen LogP contribution < -0.4 is 9.47 Å². The van der Waals surface area contributed by atoms with Gasteiger partial charge in [-0.2, -0.15) is 0 Å². The van der Waals surface area contributed by atoms with Crippen molar-refractivity contribution in [2.75, 3.05) is 14.2 Å². The maximum atomic E-state index is 13.3. The largest absolute Gasteiger partial charge is 3.00 e. The number of rotatable bonds is 5. The minimum atomic E-state index is -10.7. The molecule has 54 heavy (non-hydrogen) atoms. The van der Waals surface area contributed by atoms with Crippen LogP contribution in [0.3, 0.4) is 0 Å². The third kappa shape index (κ3) is 16.8. The summed E-state index contributed by atoms with van der Waals surface area (Å²) in [6.45, 7) is 3.78. The summed E-state index contributed by atoms with van der Waals surface area (Å²) < 4.78 is 121. The van der Waals surface area contributed by atoms with E-state index in [0.717, 1.165) is 58.3 Å². The molecule has 0 spiro atoms. The minimum absolute atomic E-state index is 0. The van der Waals surface area contributed by atoms with Crippen LogP contribution in [0.1, 0.15) is 11.1 Å². The summed E-state index contributed by atoms with van der Waals surface area (Å²) in [5, 5.41) is 0. The molecular formula is C36H28F10IrN4O2P. The molecule has 0 fully saturated rings. The second-order valence-corrected chi connectivity index (χ2v) is 12.6. The van der Waals surface area contributed by atoms with Crippen molar-refractivity contribution < 1.29 is 72.3 Å². The van der Waals surface area contributed by atoms with Gasteiger partial charge < -0.3 is 19.4 Å². The van der Waals surface area contributed by atoms with Gasteiger partial charge in [-0.3, -0.25) is 27.5 Å². The molecule has 0 aliphatic rings. The second kappa shape index (κ2) is 18.4. The number of halogens is 10. The summed E-state index contributed by atoms with van der Waals surface area (Å²) in [6, 6.07) is 23.2. The molecule has 2 aromatic carbocycles. The topological polar surface area (TPSA) is 70.0 Å². The molecule has 0 atom stereocenters. The molecule has 0 radical (unpaired) electrons. The van der Waals surface area contributed by atoms with Crippen molar-refractivity contribution in [2.24, 2.45) is 0 Å². The zero-order valence-electron chi connectivity index (χ0n) is 28.4. The van der Waals surface area contributed by atoms with Gasteiger partial charge in [-0.05, 0) is 48.5 Å². The maximum absolute atomic E-state index is 13.3. The van der Waals surface area contributed by atoms with Gasteiger partial charge in [-0.15, -0.1) is 24.3 Å². The van der Waals surface area contributed by atoms with Gasteiger partial charge in [-0.25, -0.2) is 0 Å². The summed E-state index contributed by atoms with van der Waals surface area (Å²) in [5.41, 5.74) is 4.79. The molecule has 288 valence electrons. The molecule has 0 unspecified atom stereocenters. The first-order valence-electron chi connectivity index (χ1n) is 14.8. The van der Waals surface area contributed by atoms with Crippen LogP contribution in [0.25, 0.3) is 33.9 Å². The van der Waals surface area contributed by atoms with E-state index in [-0.39, 0.29) is 31.2 Å². The second-order valence-electron chi connectivity index (χ2n) is 10.6. The smallest absolute Gasteiger partial charge is 3.00 e. The molecule has 0 aliphatic heterocycles. The van der Waals surface area contributed by atoms with Crippen molar-refractivity contribution in [3.05, 3.63) is 144 Å². The van der Waals surface area contributed by atoms with Crippen molar-refractivity contribution in [2.45, 2.75) is 13.8 Å². The standard InChI is InChI=1S/2C12H8F2N.C12H12N2O2.F6P.Ir/c2*1-8-2-5-12(15-7-8)10-4-3-9(13)6-11(10)14;1-15-9-3-5-13-11(7-9)12-8-10(16-2)4-6-14-12;1-7(2,3,4,5)6;/h2*2-3,5-7H,1H3;3-8H,1-2H3;;/q2*-1;;-1;+3. The normalized spacial score (nSPS) is 11.7. The predicted molar refractivity (Wildman–Crippen MR) is 180 cm³/mol. The Hall–Kier alpha value is -4.98. The van der Waals surface area contributed by atoms with Gasteiger partial charge in [0.25, 0.3) is 0 Å². The minimum Gasteiger partial charge on any atom is 3.00 e. The molecule has 4 heterocycles. The van der Waals surface area contributed by atoms with Crippen LogP contribution in [-0.2, 0) is 20.1 Å². The molecule has 0 saturated carbocycles. The van der Waals surface area contributed by atoms with Crippen LogP contribution in [-0.4, -0.2) is 34.2 Å². The van der Waals surface area contributed by atoms with Crippen molar-refractivity contribution in [3.8, 4) is 45.4 Å². The molecule has 0 amide bonds. The zero-order valence-corrected chi connectivity index (χ0v) is 31.7. The quantitative estimate of drug-likeness (QED) is 0.0974. The third-order valence-corrected chi connectivity index (χ3v) is 6.25. The van der Waals surface area contributed by atoms with E-state index in [0.29, 0.717) is 11.4 Å². The van der Waals surface area contributed by atoms with Crippen molar-refractivity contribution in [3.63, 3.8) is 0 Å². The first-order valence-corrected chi connectivity index (χ1v) is 16.8. The average molecular weight is 962 g/mol. The summed E-state index contributed by atoms with van der Waals surface area (Å²) in [5.74, 6) is -1.05. The Labute approximate surface area is 316 Å². The van der Waals surface area contributed by atoms with E-state index in [2.05, 4.69) is 32.1 Å². The number of nitrogens with zero attached hydrogens (tertiary/aromatic N) is 4. The van der Waals surface area contributed by atoms with Gasteiger partial charge in [0.15, 0.2) is 0 Å². The fourth-order valence-corrected chi connectivity index (χ4v) is 3.87. The number of aryl methyl sites for hydroxylation is 2. The van der Waals surface area contributed by atoms with Crippen LogP contribution in [0.4, 0.5) is 42.7 Å². The van der Waals surface area contributed by atoms with E-state index in [1.807, 2.05) is 38.1 Å². The maximum Gasteiger partial charge on any atom is 3.00 e. The Balaban J connectivity index is 0.000000256. The Morgan fingerprint density at radius 3 is 1.15 bits per heavy atom. The van der Waals surface area contributed by atoms with Crippen molar-refractivity contribution >= 4 is 7.81 Å². The van der Waals surface area contributed by atoms with Gasteiger partial charge in [0, 0.05) is 60.2 Å². The SMILES string of the molecule is COc1ccnc(-c2cc(OC)ccn2)c1.Cc1ccc(-c2[c-]cc(F)cc2F)nc1.Cc1ccc(-c2[c-]cc(F)cc2F)nc1.F[P-](F)(F)(F)(F)F.[Ir+3]. The van der Waals surface area contributed by atoms with E-state index >= 15 is 0 Å². The first-order chi connectivity index (χ1) is 24.6. The van der Waals surface area contributed by atoms with E-state index in [4.69, 9.17) is 9.47 Å². The van der Waals surface area contributed by atoms with Crippen LogP contribution in [0.15, 0.2) is 97.6 Å². The van der Waals surface area contributed by atoms with E-state index in [9.17, 15) is 42.7 Å². The predicted octanol–water partition coefficient (Wildman–Crippen LogP) is 11.8. The van der Waals surface area contributed by atoms with Crippen molar-refractivity contribution in [1.29, 1.82) is 0 Å². The molecular weight excluding hydrogens is 934 g/mol. The molecule has 0 N–H and O–H groups in total. The summed E-state index contributed by atoms with van der Waals surface area (Å²) in [6.07, 6.45) is 6.64. The number of ether oxygens (including phenoxy) is 2. The van der Waals surface area contributed by atoms with Crippen LogP contribution >= 0.6 is 7.81 Å². The van der Waals surface area contributed by atoms with Gasteiger partial charge in [0.1, 0.15) is 11.5 Å². The van der Waals surface area contributed by atoms with Crippen LogP contribution in [0.5, 0.6) is 11.5 Å². The molecule has 18 heteroatoms. The number of methoxy groups -OCH3 is 2. The molecule has 0 saturated heterocycles. The van der Waals surface area contributed by atoms with E-state index < -0.39 is 31.1 Å². The molecule has 0 aliphatic carbocycles. The Kier molecular flexibility index (Phi) is 15.4. The Morgan fingerprint density at radius 2 is 0.870 bits per heavy atom. The fraction of sp³-hybridized carbons (Fsp3) is 0.111. The molecule has 6 aromatic rings. The van der Waals surface area contributed by atoms with Crippen LogP contribution in [0.2, 0.25) is 0 Å². The summed E-state index contributed by atoms with van der Waals surface area (Å²) in [4.78, 5) is 16.6. The van der Waals surface area contributed by atoms with E-state index in [1.165, 1.54) is 0 Å². The number of hydrogen-bond donors (Lipinski definition) is 0. The van der Waals surface area contributed by atoms with Crippen molar-refractivity contribution in [1.82, 2.24) is 19.9 Å². The average Bonchev–Trinajstić information content (AvgIpc) is 3.09. The Bertz CT molecular complexity index is 1980. The van der Waals surface area contributed by atoms with Gasteiger partial charge in [0.05, 0.1) is 25.6 Å².